The Bertz CT molecular complexity index is 742. The van der Waals surface area contributed by atoms with Crippen molar-refractivity contribution in [2.75, 3.05) is 19.8 Å². The number of ether oxygens (including phenoxy) is 3. The Morgan fingerprint density at radius 2 is 1.80 bits per heavy atom. The van der Waals surface area contributed by atoms with E-state index < -0.39 is 10.9 Å². The van der Waals surface area contributed by atoms with Gasteiger partial charge in [-0.1, -0.05) is 17.7 Å². The molecule has 0 N–H and O–H groups in total. The summed E-state index contributed by atoms with van der Waals surface area (Å²) in [5.41, 5.74) is 0.938. The fourth-order valence-corrected chi connectivity index (χ4v) is 2.08. The molecular weight excluding hydrogens is 326 g/mol. The van der Waals surface area contributed by atoms with E-state index in [4.69, 9.17) is 14.2 Å². The quantitative estimate of drug-likeness (QED) is 0.315. The van der Waals surface area contributed by atoms with Gasteiger partial charge in [-0.25, -0.2) is 4.79 Å². The van der Waals surface area contributed by atoms with Gasteiger partial charge in [-0.2, -0.15) is 0 Å². The average Bonchev–Trinajstić information content (AvgIpc) is 2.60. The van der Waals surface area contributed by atoms with E-state index in [9.17, 15) is 14.9 Å². The lowest BCUT2D eigenvalue weighted by Crippen LogP contribution is -2.12. The van der Waals surface area contributed by atoms with Gasteiger partial charge in [-0.3, -0.25) is 10.1 Å². The van der Waals surface area contributed by atoms with Crippen LogP contribution in [0.3, 0.4) is 0 Å². The summed E-state index contributed by atoms with van der Waals surface area (Å²) < 4.78 is 15.7. The van der Waals surface area contributed by atoms with Crippen LogP contribution >= 0.6 is 0 Å². The first-order chi connectivity index (χ1) is 12.0. The van der Waals surface area contributed by atoms with E-state index >= 15 is 0 Å². The highest BCUT2D eigenvalue weighted by Gasteiger charge is 2.19. The maximum Gasteiger partial charge on any atom is 0.338 e. The third-order valence-corrected chi connectivity index (χ3v) is 3.30. The Hall–Kier alpha value is -3.09. The van der Waals surface area contributed by atoms with Crippen LogP contribution in [0.1, 0.15) is 22.8 Å². The molecule has 7 nitrogen and oxygen atoms in total. The third kappa shape index (κ3) is 5.20. The SMILES string of the molecule is CCOc1ccc(C(=O)OCCOc2ccc(C)cc2)cc1[N+](=O)[O-]. The van der Waals surface area contributed by atoms with E-state index in [-0.39, 0.29) is 30.2 Å². The highest BCUT2D eigenvalue weighted by Crippen LogP contribution is 2.28. The molecule has 0 bridgehead atoms. The number of benzene rings is 2. The minimum Gasteiger partial charge on any atom is -0.490 e. The lowest BCUT2D eigenvalue weighted by atomic mass is 10.2. The number of hydrogen-bond donors (Lipinski definition) is 0. The number of rotatable bonds is 8. The van der Waals surface area contributed by atoms with Crippen LogP contribution in [0, 0.1) is 17.0 Å². The Kier molecular flexibility index (Phi) is 6.33. The van der Waals surface area contributed by atoms with E-state index in [1.807, 2.05) is 31.2 Å². The van der Waals surface area contributed by atoms with Gasteiger partial charge in [-0.15, -0.1) is 0 Å². The Balaban J connectivity index is 1.90. The Labute approximate surface area is 145 Å². The van der Waals surface area contributed by atoms with Crippen LogP contribution < -0.4 is 9.47 Å². The van der Waals surface area contributed by atoms with Crippen molar-refractivity contribution < 1.29 is 23.9 Å². The fourth-order valence-electron chi connectivity index (χ4n) is 2.08. The van der Waals surface area contributed by atoms with Crippen molar-refractivity contribution in [2.24, 2.45) is 0 Å². The van der Waals surface area contributed by atoms with Crippen molar-refractivity contribution in [3.8, 4) is 11.5 Å². The Morgan fingerprint density at radius 3 is 2.44 bits per heavy atom. The van der Waals surface area contributed by atoms with Gasteiger partial charge in [0.2, 0.25) is 0 Å². The Morgan fingerprint density at radius 1 is 1.08 bits per heavy atom. The number of hydrogen-bond acceptors (Lipinski definition) is 6. The summed E-state index contributed by atoms with van der Waals surface area (Å²) in [6, 6.07) is 11.5. The molecule has 0 saturated heterocycles. The first-order valence-corrected chi connectivity index (χ1v) is 7.79. The van der Waals surface area contributed by atoms with E-state index in [1.165, 1.54) is 12.1 Å². The van der Waals surface area contributed by atoms with Crippen molar-refractivity contribution in [3.05, 3.63) is 63.7 Å². The highest BCUT2D eigenvalue weighted by atomic mass is 16.6. The van der Waals surface area contributed by atoms with Gasteiger partial charge >= 0.3 is 11.7 Å². The van der Waals surface area contributed by atoms with Crippen LogP contribution in [0.4, 0.5) is 5.69 Å². The third-order valence-electron chi connectivity index (χ3n) is 3.30. The zero-order valence-electron chi connectivity index (χ0n) is 14.1. The minimum absolute atomic E-state index is 0.0354. The molecule has 0 fully saturated rings. The zero-order chi connectivity index (χ0) is 18.2. The van der Waals surface area contributed by atoms with Crippen molar-refractivity contribution >= 4 is 11.7 Å². The number of nitrogens with zero attached hydrogens (tertiary/aromatic N) is 1. The monoisotopic (exact) mass is 345 g/mol. The number of nitro groups is 1. The van der Waals surface area contributed by atoms with Gasteiger partial charge in [0.1, 0.15) is 19.0 Å². The molecule has 2 rings (SSSR count). The lowest BCUT2D eigenvalue weighted by molar-refractivity contribution is -0.385. The molecule has 0 saturated carbocycles. The van der Waals surface area contributed by atoms with E-state index in [1.54, 1.807) is 6.92 Å². The molecule has 0 spiro atoms. The molecule has 0 unspecified atom stereocenters. The van der Waals surface area contributed by atoms with Gasteiger partial charge in [-0.05, 0) is 38.1 Å². The van der Waals surface area contributed by atoms with Crippen molar-refractivity contribution in [1.82, 2.24) is 0 Å². The van der Waals surface area contributed by atoms with Crippen LogP contribution in [-0.4, -0.2) is 30.7 Å². The molecule has 0 aromatic heterocycles. The normalized spacial score (nSPS) is 10.2. The number of carbonyl (C=O) groups is 1. The molecule has 2 aromatic rings. The topological polar surface area (TPSA) is 87.9 Å². The highest BCUT2D eigenvalue weighted by molar-refractivity contribution is 5.90. The number of nitro benzene ring substituents is 1. The van der Waals surface area contributed by atoms with Crippen molar-refractivity contribution in [1.29, 1.82) is 0 Å². The van der Waals surface area contributed by atoms with Crippen LogP contribution in [-0.2, 0) is 4.74 Å². The molecule has 0 heterocycles. The minimum atomic E-state index is -0.654. The number of carbonyl (C=O) groups excluding carboxylic acids is 1. The van der Waals surface area contributed by atoms with Crippen LogP contribution in [0.25, 0.3) is 0 Å². The molecular formula is C18H19NO6. The van der Waals surface area contributed by atoms with Crippen LogP contribution in [0.15, 0.2) is 42.5 Å². The van der Waals surface area contributed by atoms with Crippen LogP contribution in [0.5, 0.6) is 11.5 Å². The average molecular weight is 345 g/mol. The predicted molar refractivity (Wildman–Crippen MR) is 91.2 cm³/mol. The molecule has 2 aromatic carbocycles. The van der Waals surface area contributed by atoms with E-state index in [2.05, 4.69) is 0 Å². The summed E-state index contributed by atoms with van der Waals surface area (Å²) in [6.07, 6.45) is 0. The molecule has 0 aliphatic rings. The van der Waals surface area contributed by atoms with Crippen molar-refractivity contribution in [2.45, 2.75) is 13.8 Å². The molecule has 0 amide bonds. The fraction of sp³-hybridized carbons (Fsp3) is 0.278. The second-order valence-electron chi connectivity index (χ2n) is 5.17. The molecule has 132 valence electrons. The van der Waals surface area contributed by atoms with Gasteiger partial charge < -0.3 is 14.2 Å². The summed E-state index contributed by atoms with van der Waals surface area (Å²) in [5, 5.41) is 11.1. The molecule has 0 radical (unpaired) electrons. The standard InChI is InChI=1S/C18H19NO6/c1-3-23-17-9-6-14(12-16(17)19(21)22)18(20)25-11-10-24-15-7-4-13(2)5-8-15/h4-9,12H,3,10-11H2,1-2H3. The molecule has 25 heavy (non-hydrogen) atoms. The van der Waals surface area contributed by atoms with Crippen LogP contribution in [0.2, 0.25) is 0 Å². The number of aryl methyl sites for hydroxylation is 1. The van der Waals surface area contributed by atoms with Gasteiger partial charge in [0.05, 0.1) is 17.1 Å². The molecule has 0 atom stereocenters. The largest absolute Gasteiger partial charge is 0.490 e. The first kappa shape index (κ1) is 18.3. The van der Waals surface area contributed by atoms with Crippen molar-refractivity contribution in [3.63, 3.8) is 0 Å². The van der Waals surface area contributed by atoms with Gasteiger partial charge in [0.15, 0.2) is 5.75 Å². The summed E-state index contributed by atoms with van der Waals surface area (Å²) in [6.45, 7) is 4.21. The van der Waals surface area contributed by atoms with Gasteiger partial charge in [0.25, 0.3) is 0 Å². The summed E-state index contributed by atoms with van der Waals surface area (Å²) in [5.74, 6) is 0.142. The lowest BCUT2D eigenvalue weighted by Gasteiger charge is -2.09. The smallest absolute Gasteiger partial charge is 0.338 e. The summed E-state index contributed by atoms with van der Waals surface area (Å²) >= 11 is 0. The summed E-state index contributed by atoms with van der Waals surface area (Å²) in [7, 11) is 0. The van der Waals surface area contributed by atoms with E-state index in [0.29, 0.717) is 12.4 Å². The van der Waals surface area contributed by atoms with Gasteiger partial charge in [0, 0.05) is 6.07 Å². The number of esters is 1. The first-order valence-electron chi connectivity index (χ1n) is 7.79. The van der Waals surface area contributed by atoms with E-state index in [0.717, 1.165) is 11.6 Å². The maximum atomic E-state index is 12.0. The second-order valence-corrected chi connectivity index (χ2v) is 5.17. The summed E-state index contributed by atoms with van der Waals surface area (Å²) in [4.78, 5) is 22.5. The zero-order valence-corrected chi connectivity index (χ0v) is 14.1. The predicted octanol–water partition coefficient (Wildman–Crippen LogP) is 3.54. The molecule has 7 heteroatoms. The second kappa shape index (κ2) is 8.68. The maximum absolute atomic E-state index is 12.0. The molecule has 0 aliphatic carbocycles. The molecule has 0 aliphatic heterocycles.